The van der Waals surface area contributed by atoms with Crippen LogP contribution in [0.1, 0.15) is 79.6 Å². The van der Waals surface area contributed by atoms with E-state index in [-0.39, 0.29) is 28.7 Å². The minimum atomic E-state index is -0.475. The Morgan fingerprint density at radius 2 is 1.86 bits per heavy atom. The first-order valence-electron chi connectivity index (χ1n) is 15.9. The molecule has 2 N–H and O–H groups in total. The van der Waals surface area contributed by atoms with Crippen LogP contribution in [0.3, 0.4) is 0 Å². The second kappa shape index (κ2) is 8.42. The third-order valence-electron chi connectivity index (χ3n) is 11.3. The number of nitrogens with one attached hydrogen (secondary N) is 1. The zero-order valence-corrected chi connectivity index (χ0v) is 24.9. The number of nitrogens with zero attached hydrogens (tertiary/aromatic N) is 1. The second-order valence-electron chi connectivity index (χ2n) is 14.7. The van der Waals surface area contributed by atoms with E-state index in [0.29, 0.717) is 12.4 Å². The Morgan fingerprint density at radius 1 is 1.05 bits per heavy atom. The second-order valence-corrected chi connectivity index (χ2v) is 14.7. The Bertz CT molecular complexity index is 1730. The number of likely N-dealkylation sites (tertiary alicyclic amines) is 1. The fraction of sp³-hybridized carbons (Fsp3) is 0.459. The molecule has 1 saturated heterocycles. The lowest BCUT2D eigenvalue weighted by molar-refractivity contribution is -0.210. The van der Waals surface area contributed by atoms with Gasteiger partial charge in [-0.25, -0.2) is 0 Å². The highest BCUT2D eigenvalue weighted by atomic mass is 16.5. The summed E-state index contributed by atoms with van der Waals surface area (Å²) < 4.78 is 14.5. The summed E-state index contributed by atoms with van der Waals surface area (Å²) in [5, 5.41) is 12.4. The smallest absolute Gasteiger partial charge is 0.166 e. The predicted octanol–water partition coefficient (Wildman–Crippen LogP) is 7.09. The first-order valence-corrected chi connectivity index (χ1v) is 15.9. The molecule has 3 aliphatic carbocycles. The van der Waals surface area contributed by atoms with Gasteiger partial charge in [0.2, 0.25) is 0 Å². The largest absolute Gasteiger partial charge is 0.504 e. The van der Waals surface area contributed by atoms with Gasteiger partial charge in [-0.15, -0.1) is 0 Å². The minimum absolute atomic E-state index is 0.117. The first kappa shape index (κ1) is 25.2. The Balaban J connectivity index is 1.24. The van der Waals surface area contributed by atoms with E-state index in [4.69, 9.17) is 9.47 Å². The highest BCUT2D eigenvalue weighted by Gasteiger charge is 2.74. The van der Waals surface area contributed by atoms with E-state index in [0.717, 1.165) is 43.8 Å². The van der Waals surface area contributed by atoms with Gasteiger partial charge in [-0.3, -0.25) is 4.90 Å². The van der Waals surface area contributed by atoms with Crippen molar-refractivity contribution in [3.05, 3.63) is 94.2 Å². The number of aromatic nitrogens is 1. The molecular formula is C37H40N2O3. The lowest BCUT2D eigenvalue weighted by Gasteiger charge is -2.64. The monoisotopic (exact) mass is 560 g/mol. The molecule has 2 aliphatic heterocycles. The Labute approximate surface area is 247 Å². The van der Waals surface area contributed by atoms with E-state index in [1.807, 2.05) is 6.07 Å². The Kier molecular flexibility index (Phi) is 5.06. The number of aromatic hydroxyl groups is 1. The predicted molar refractivity (Wildman–Crippen MR) is 164 cm³/mol. The summed E-state index contributed by atoms with van der Waals surface area (Å²) in [6.45, 7) is 9.54. The number of H-pyrrole nitrogens is 1. The lowest BCUT2D eigenvalue weighted by atomic mass is 9.48. The maximum absolute atomic E-state index is 11.2. The highest BCUT2D eigenvalue weighted by molar-refractivity contribution is 5.86. The molecule has 5 heteroatoms. The fourth-order valence-corrected chi connectivity index (χ4v) is 9.13. The Morgan fingerprint density at radius 3 is 2.64 bits per heavy atom. The van der Waals surface area contributed by atoms with Gasteiger partial charge >= 0.3 is 0 Å². The molecule has 2 bridgehead atoms. The number of aromatic amines is 1. The number of fused-ring (bicyclic) bond motifs is 4. The number of piperidine rings is 1. The van der Waals surface area contributed by atoms with Crippen molar-refractivity contribution < 1.29 is 14.6 Å². The summed E-state index contributed by atoms with van der Waals surface area (Å²) in [6.07, 6.45) is 5.19. The fourth-order valence-electron chi connectivity index (χ4n) is 9.13. The number of hydrogen-bond donors (Lipinski definition) is 2. The molecule has 0 amide bonds. The molecule has 3 heterocycles. The summed E-state index contributed by atoms with van der Waals surface area (Å²) in [5.74, 6) is 1.74. The molecule has 4 aromatic rings. The van der Waals surface area contributed by atoms with Gasteiger partial charge < -0.3 is 19.6 Å². The average Bonchev–Trinajstić information content (AvgIpc) is 3.62. The van der Waals surface area contributed by atoms with E-state index < -0.39 is 5.60 Å². The van der Waals surface area contributed by atoms with Crippen molar-refractivity contribution >= 4 is 10.9 Å². The summed E-state index contributed by atoms with van der Waals surface area (Å²) in [5.41, 5.74) is 8.01. The number of phenols is 1. The Hall–Kier alpha value is -3.28. The van der Waals surface area contributed by atoms with Crippen molar-refractivity contribution in [3.63, 3.8) is 0 Å². The minimum Gasteiger partial charge on any atom is -0.504 e. The van der Waals surface area contributed by atoms with Crippen molar-refractivity contribution in [1.82, 2.24) is 9.88 Å². The zero-order valence-electron chi connectivity index (χ0n) is 24.9. The molecule has 1 saturated carbocycles. The molecule has 1 aromatic heterocycles. The van der Waals surface area contributed by atoms with Crippen LogP contribution in [0.2, 0.25) is 0 Å². The van der Waals surface area contributed by atoms with Gasteiger partial charge in [-0.2, -0.15) is 0 Å². The molecule has 4 atom stereocenters. The van der Waals surface area contributed by atoms with Gasteiger partial charge in [0.1, 0.15) is 5.60 Å². The lowest BCUT2D eigenvalue weighted by Crippen LogP contribution is -2.75. The molecule has 2 fully saturated rings. The van der Waals surface area contributed by atoms with Crippen molar-refractivity contribution in [3.8, 4) is 11.5 Å². The van der Waals surface area contributed by atoms with Crippen LogP contribution < -0.4 is 4.74 Å². The van der Waals surface area contributed by atoms with E-state index in [1.165, 1.54) is 51.7 Å². The van der Waals surface area contributed by atoms with E-state index in [2.05, 4.69) is 85.3 Å². The highest BCUT2D eigenvalue weighted by Crippen LogP contribution is 2.70. The van der Waals surface area contributed by atoms with Crippen LogP contribution in [0.4, 0.5) is 0 Å². The summed E-state index contributed by atoms with van der Waals surface area (Å²) in [7, 11) is 0. The number of benzene rings is 3. The summed E-state index contributed by atoms with van der Waals surface area (Å²) in [6, 6.07) is 22.0. The SMILES string of the molecule is CC(C)(C)c1ccc(CO[C@@]23Cc4c([nH]c5ccccc45)[C@@H]4Oc5c(O)ccc6c5[C@@]42CCN(CC2CC2)[C@H]3C6)cc1. The van der Waals surface area contributed by atoms with Gasteiger partial charge in [-0.05, 0) is 77.9 Å². The number of phenolic OH excluding ortho intramolecular Hbond substituents is 1. The number of hydrogen-bond acceptors (Lipinski definition) is 4. The van der Waals surface area contributed by atoms with Gasteiger partial charge in [0.05, 0.1) is 17.7 Å². The zero-order chi connectivity index (χ0) is 28.4. The quantitative estimate of drug-likeness (QED) is 0.274. The van der Waals surface area contributed by atoms with Crippen molar-refractivity contribution in [1.29, 1.82) is 0 Å². The van der Waals surface area contributed by atoms with Gasteiger partial charge in [0.15, 0.2) is 17.6 Å². The molecular weight excluding hydrogens is 520 g/mol. The van der Waals surface area contributed by atoms with Crippen LogP contribution in [-0.4, -0.2) is 39.7 Å². The number of para-hydroxylation sites is 1. The summed E-state index contributed by atoms with van der Waals surface area (Å²) in [4.78, 5) is 6.57. The third kappa shape index (κ3) is 3.27. The maximum Gasteiger partial charge on any atom is 0.166 e. The molecule has 5 nitrogen and oxygen atoms in total. The molecule has 1 spiro atoms. The van der Waals surface area contributed by atoms with Gasteiger partial charge in [0, 0.05) is 35.5 Å². The van der Waals surface area contributed by atoms with Gasteiger partial charge in [0.25, 0.3) is 0 Å². The molecule has 0 radical (unpaired) electrons. The molecule has 0 unspecified atom stereocenters. The standard InChI is InChI=1S/C37H40N2O3/c1-35(2,3)25-13-10-23(11-14-25)21-41-37-19-27-26-6-4-5-7-28(26)38-32(27)34-36(37)16-17-39(20-22-8-9-22)30(37)18-24-12-15-29(40)33(42-34)31(24)36/h4-7,10-15,22,30,34,38,40H,8-9,16-21H2,1-3H3/t30-,34-,36-,37+/m0/s1. The number of ether oxygens (including phenoxy) is 2. The topological polar surface area (TPSA) is 57.7 Å². The van der Waals surface area contributed by atoms with Crippen LogP contribution in [0, 0.1) is 5.92 Å². The van der Waals surface area contributed by atoms with Crippen LogP contribution in [0.15, 0.2) is 60.7 Å². The van der Waals surface area contributed by atoms with Gasteiger partial charge in [-0.1, -0.05) is 69.3 Å². The molecule has 216 valence electrons. The van der Waals surface area contributed by atoms with Crippen LogP contribution in [0.25, 0.3) is 10.9 Å². The van der Waals surface area contributed by atoms with Crippen LogP contribution in [0.5, 0.6) is 11.5 Å². The van der Waals surface area contributed by atoms with E-state index in [1.54, 1.807) is 0 Å². The normalized spacial score (nSPS) is 29.3. The van der Waals surface area contributed by atoms with E-state index in [9.17, 15) is 5.11 Å². The molecule has 9 rings (SSSR count). The maximum atomic E-state index is 11.2. The van der Waals surface area contributed by atoms with Crippen molar-refractivity contribution in [2.75, 3.05) is 13.1 Å². The first-order chi connectivity index (χ1) is 20.3. The molecule has 42 heavy (non-hydrogen) atoms. The summed E-state index contributed by atoms with van der Waals surface area (Å²) >= 11 is 0. The van der Waals surface area contributed by atoms with E-state index >= 15 is 0 Å². The van der Waals surface area contributed by atoms with Crippen molar-refractivity contribution in [2.45, 2.75) is 88.1 Å². The molecule has 5 aliphatic rings. The van der Waals surface area contributed by atoms with Crippen LogP contribution in [-0.2, 0) is 35.0 Å². The van der Waals surface area contributed by atoms with Crippen molar-refractivity contribution in [2.24, 2.45) is 5.92 Å². The van der Waals surface area contributed by atoms with Crippen LogP contribution >= 0.6 is 0 Å². The average molecular weight is 561 g/mol. The third-order valence-corrected chi connectivity index (χ3v) is 11.3. The number of rotatable bonds is 5. The molecule has 3 aromatic carbocycles.